The van der Waals surface area contributed by atoms with Gasteiger partial charge in [0.1, 0.15) is 24.4 Å². The molecule has 0 bridgehead atoms. The molecule has 0 aliphatic carbocycles. The Morgan fingerprint density at radius 3 is 2.50 bits per heavy atom. The molecule has 8 nitrogen and oxygen atoms in total. The van der Waals surface area contributed by atoms with E-state index in [-0.39, 0.29) is 6.61 Å². The fourth-order valence-corrected chi connectivity index (χ4v) is 2.24. The number of rotatable bonds is 10. The highest BCUT2D eigenvalue weighted by molar-refractivity contribution is 4.88. The maximum atomic E-state index is 9.78. The second-order valence-corrected chi connectivity index (χ2v) is 5.60. The number of aliphatic hydroxyl groups excluding tert-OH is 5. The Kier molecular flexibility index (Phi) is 9.37. The van der Waals surface area contributed by atoms with Crippen LogP contribution in [0.3, 0.4) is 0 Å². The molecule has 0 aromatic heterocycles. The van der Waals surface area contributed by atoms with E-state index in [4.69, 9.17) is 14.6 Å². The predicted molar refractivity (Wildman–Crippen MR) is 78.1 cm³/mol. The first kappa shape index (κ1) is 19.7. The molecule has 1 unspecified atom stereocenters. The maximum absolute atomic E-state index is 9.78. The number of hydrogen-bond acceptors (Lipinski definition) is 8. The van der Waals surface area contributed by atoms with Gasteiger partial charge in [-0.2, -0.15) is 0 Å². The van der Waals surface area contributed by atoms with Crippen LogP contribution in [0.1, 0.15) is 26.2 Å². The van der Waals surface area contributed by atoms with E-state index >= 15 is 0 Å². The minimum atomic E-state index is -1.47. The molecule has 0 spiro atoms. The summed E-state index contributed by atoms with van der Waals surface area (Å²) in [5.74, 6) is 0. The maximum Gasteiger partial charge on any atom is 0.186 e. The lowest BCUT2D eigenvalue weighted by Crippen LogP contribution is -2.59. The number of unbranched alkanes of at least 4 members (excludes halogenated alkanes) is 2. The van der Waals surface area contributed by atoms with Gasteiger partial charge in [0.15, 0.2) is 6.29 Å². The Balaban J connectivity index is 2.27. The first-order chi connectivity index (χ1) is 10.5. The molecule has 1 fully saturated rings. The highest BCUT2D eigenvalue weighted by Crippen LogP contribution is 2.21. The Morgan fingerprint density at radius 1 is 1.14 bits per heavy atom. The minimum Gasteiger partial charge on any atom is -0.394 e. The third-order valence-corrected chi connectivity index (χ3v) is 3.64. The Labute approximate surface area is 130 Å². The van der Waals surface area contributed by atoms with Gasteiger partial charge in [-0.05, 0) is 13.0 Å². The first-order valence-corrected chi connectivity index (χ1v) is 7.82. The van der Waals surface area contributed by atoms with Crippen molar-refractivity contribution in [1.82, 2.24) is 5.32 Å². The van der Waals surface area contributed by atoms with Gasteiger partial charge in [0.05, 0.1) is 19.3 Å². The van der Waals surface area contributed by atoms with E-state index < -0.39 is 43.4 Å². The lowest BCUT2D eigenvalue weighted by Gasteiger charge is -2.39. The van der Waals surface area contributed by atoms with Crippen molar-refractivity contribution in [3.8, 4) is 0 Å². The zero-order valence-corrected chi connectivity index (χ0v) is 13.0. The summed E-state index contributed by atoms with van der Waals surface area (Å²) in [5.41, 5.74) is 0. The van der Waals surface area contributed by atoms with Gasteiger partial charge in [0, 0.05) is 6.54 Å². The van der Waals surface area contributed by atoms with Crippen LogP contribution in [-0.2, 0) is 9.47 Å². The average Bonchev–Trinajstić information content (AvgIpc) is 2.52. The Bertz CT molecular complexity index is 292. The molecule has 1 aliphatic heterocycles. The third-order valence-electron chi connectivity index (χ3n) is 3.64. The van der Waals surface area contributed by atoms with Gasteiger partial charge in [-0.25, -0.2) is 0 Å². The fourth-order valence-electron chi connectivity index (χ4n) is 2.24. The van der Waals surface area contributed by atoms with E-state index in [0.29, 0.717) is 6.54 Å². The molecule has 1 aliphatic rings. The molecule has 22 heavy (non-hydrogen) atoms. The van der Waals surface area contributed by atoms with Gasteiger partial charge < -0.3 is 40.3 Å². The minimum absolute atomic E-state index is 0.0938. The molecule has 0 saturated carbocycles. The van der Waals surface area contributed by atoms with Crippen molar-refractivity contribution in [2.45, 2.75) is 63.0 Å². The first-order valence-electron chi connectivity index (χ1n) is 7.82. The van der Waals surface area contributed by atoms with Gasteiger partial charge in [-0.1, -0.05) is 19.8 Å². The van der Waals surface area contributed by atoms with Crippen LogP contribution in [0.4, 0.5) is 0 Å². The summed E-state index contributed by atoms with van der Waals surface area (Å²) >= 11 is 0. The van der Waals surface area contributed by atoms with Gasteiger partial charge in [-0.15, -0.1) is 0 Å². The monoisotopic (exact) mass is 323 g/mol. The van der Waals surface area contributed by atoms with E-state index in [0.717, 1.165) is 25.8 Å². The lowest BCUT2D eigenvalue weighted by molar-refractivity contribution is -0.304. The van der Waals surface area contributed by atoms with Crippen LogP contribution >= 0.6 is 0 Å². The van der Waals surface area contributed by atoms with Crippen LogP contribution in [0.15, 0.2) is 0 Å². The van der Waals surface area contributed by atoms with Crippen LogP contribution in [0.2, 0.25) is 0 Å². The molecule has 132 valence electrons. The molecule has 6 N–H and O–H groups in total. The standard InChI is InChI=1S/C14H29NO7/c1-2-3-4-5-15-6-9(17)8-21-14-13(20)12(19)11(18)10(7-16)22-14/h9-20H,2-8H2,1H3/t9?,10-,11+,12+,13-,14-/m1/s1. The number of aliphatic hydroxyl groups is 5. The van der Waals surface area contributed by atoms with Gasteiger partial charge in [0.25, 0.3) is 0 Å². The van der Waals surface area contributed by atoms with Crippen molar-refractivity contribution in [1.29, 1.82) is 0 Å². The van der Waals surface area contributed by atoms with Crippen molar-refractivity contribution in [2.24, 2.45) is 0 Å². The number of ether oxygens (including phenoxy) is 2. The van der Waals surface area contributed by atoms with E-state index in [1.54, 1.807) is 0 Å². The van der Waals surface area contributed by atoms with E-state index in [1.807, 2.05) is 0 Å². The van der Waals surface area contributed by atoms with Crippen LogP contribution in [0.25, 0.3) is 0 Å². The van der Waals surface area contributed by atoms with Gasteiger partial charge >= 0.3 is 0 Å². The molecule has 8 heteroatoms. The molecule has 1 rings (SSSR count). The quantitative estimate of drug-likeness (QED) is 0.253. The molecule has 1 heterocycles. The smallest absolute Gasteiger partial charge is 0.186 e. The topological polar surface area (TPSA) is 132 Å². The van der Waals surface area contributed by atoms with Crippen LogP contribution in [0, 0.1) is 0 Å². The molecule has 0 aromatic rings. The highest BCUT2D eigenvalue weighted by Gasteiger charge is 2.44. The molecular weight excluding hydrogens is 294 g/mol. The third kappa shape index (κ3) is 6.05. The van der Waals surface area contributed by atoms with Gasteiger partial charge in [-0.3, -0.25) is 0 Å². The largest absolute Gasteiger partial charge is 0.394 e. The fraction of sp³-hybridized carbons (Fsp3) is 1.00. The summed E-state index contributed by atoms with van der Waals surface area (Å²) in [6.45, 7) is 2.67. The second kappa shape index (κ2) is 10.5. The normalized spacial score (nSPS) is 33.8. The summed E-state index contributed by atoms with van der Waals surface area (Å²) in [5, 5.41) is 50.9. The predicted octanol–water partition coefficient (Wildman–Crippen LogP) is -2.06. The zero-order chi connectivity index (χ0) is 16.5. The van der Waals surface area contributed by atoms with E-state index in [2.05, 4.69) is 12.2 Å². The molecule has 0 radical (unpaired) electrons. The Morgan fingerprint density at radius 2 is 1.86 bits per heavy atom. The van der Waals surface area contributed by atoms with Crippen molar-refractivity contribution >= 4 is 0 Å². The van der Waals surface area contributed by atoms with E-state index in [9.17, 15) is 20.4 Å². The summed E-state index contributed by atoms with van der Waals surface area (Å²) in [6, 6.07) is 0. The van der Waals surface area contributed by atoms with Crippen molar-refractivity contribution < 1.29 is 35.0 Å². The van der Waals surface area contributed by atoms with Crippen molar-refractivity contribution in [2.75, 3.05) is 26.3 Å². The summed E-state index contributed by atoms with van der Waals surface area (Å²) in [6.07, 6.45) is -4.02. The molecule has 0 amide bonds. The van der Waals surface area contributed by atoms with Crippen LogP contribution in [0.5, 0.6) is 0 Å². The van der Waals surface area contributed by atoms with Gasteiger partial charge in [0.2, 0.25) is 0 Å². The zero-order valence-electron chi connectivity index (χ0n) is 13.0. The van der Waals surface area contributed by atoms with Crippen LogP contribution in [-0.4, -0.2) is 88.6 Å². The van der Waals surface area contributed by atoms with Crippen LogP contribution < -0.4 is 5.32 Å². The average molecular weight is 323 g/mol. The summed E-state index contributed by atoms with van der Waals surface area (Å²) in [4.78, 5) is 0. The van der Waals surface area contributed by atoms with Crippen molar-refractivity contribution in [3.05, 3.63) is 0 Å². The van der Waals surface area contributed by atoms with Crippen molar-refractivity contribution in [3.63, 3.8) is 0 Å². The summed E-state index contributed by atoms with van der Waals surface area (Å²) in [7, 11) is 0. The SMILES string of the molecule is CCCCCNCC(O)CO[C@@H]1O[C@H](CO)[C@H](O)[C@H](O)[C@H]1O. The number of hydrogen-bond donors (Lipinski definition) is 6. The Hall–Kier alpha value is -0.320. The molecule has 1 saturated heterocycles. The van der Waals surface area contributed by atoms with E-state index in [1.165, 1.54) is 0 Å². The molecular formula is C14H29NO7. The molecule has 0 aromatic carbocycles. The highest BCUT2D eigenvalue weighted by atomic mass is 16.7. The number of nitrogens with one attached hydrogen (secondary N) is 1. The lowest BCUT2D eigenvalue weighted by atomic mass is 9.99. The molecule has 6 atom stereocenters. The second-order valence-electron chi connectivity index (χ2n) is 5.60. The summed E-state index contributed by atoms with van der Waals surface area (Å²) < 4.78 is 10.4.